The molecule has 0 fully saturated rings. The molecule has 1 aliphatic rings. The lowest BCUT2D eigenvalue weighted by molar-refractivity contribution is 0.105. The first kappa shape index (κ1) is 12.4. The molecule has 2 aromatic rings. The van der Waals surface area contributed by atoms with E-state index in [1.807, 2.05) is 29.9 Å². The van der Waals surface area contributed by atoms with Gasteiger partial charge in [-0.25, -0.2) is 0 Å². The topological polar surface area (TPSA) is 67.3 Å². The summed E-state index contributed by atoms with van der Waals surface area (Å²) in [6.07, 6.45) is 2.72. The van der Waals surface area contributed by atoms with Gasteiger partial charge >= 0.3 is 0 Å². The van der Waals surface area contributed by atoms with Crippen LogP contribution in [0.25, 0.3) is 0 Å². The van der Waals surface area contributed by atoms with Crippen LogP contribution >= 0.6 is 0 Å². The predicted molar refractivity (Wildman–Crippen MR) is 68.2 cm³/mol. The Bertz CT molecular complexity index is 548. The molecule has 0 bridgehead atoms. The molecule has 0 saturated carbocycles. The van der Waals surface area contributed by atoms with E-state index in [9.17, 15) is 5.11 Å². The quantitative estimate of drug-likeness (QED) is 0.892. The molecule has 0 aromatic carbocycles. The number of aliphatic hydroxyl groups excluding tert-OH is 1. The van der Waals surface area contributed by atoms with Gasteiger partial charge in [0.05, 0.1) is 18.0 Å². The van der Waals surface area contributed by atoms with Crippen LogP contribution in [0.2, 0.25) is 0 Å². The van der Waals surface area contributed by atoms with Gasteiger partial charge in [-0.05, 0) is 19.4 Å². The summed E-state index contributed by atoms with van der Waals surface area (Å²) in [4.78, 5) is 2.23. The third kappa shape index (κ3) is 2.54. The Kier molecular flexibility index (Phi) is 3.35. The van der Waals surface area contributed by atoms with Crippen molar-refractivity contribution in [1.29, 1.82) is 0 Å². The van der Waals surface area contributed by atoms with E-state index in [0.29, 0.717) is 6.54 Å². The maximum atomic E-state index is 9.57. The first-order valence-corrected chi connectivity index (χ1v) is 6.54. The number of aliphatic hydroxyl groups is 1. The largest absolute Gasteiger partial charge is 0.395 e. The van der Waals surface area contributed by atoms with Crippen LogP contribution in [0.3, 0.4) is 0 Å². The molecule has 19 heavy (non-hydrogen) atoms. The van der Waals surface area contributed by atoms with E-state index in [0.717, 1.165) is 31.0 Å². The molecule has 102 valence electrons. The van der Waals surface area contributed by atoms with Crippen molar-refractivity contribution in [3.63, 3.8) is 0 Å². The third-order valence-electron chi connectivity index (χ3n) is 3.61. The molecule has 0 unspecified atom stereocenters. The SMILES string of the molecule is Cc1cc(CN2Cc3ccnn3CC[C@H]2CO)no1. The van der Waals surface area contributed by atoms with Gasteiger partial charge in [-0.1, -0.05) is 5.16 Å². The van der Waals surface area contributed by atoms with E-state index in [-0.39, 0.29) is 12.6 Å². The van der Waals surface area contributed by atoms with Crippen molar-refractivity contribution >= 4 is 0 Å². The number of rotatable bonds is 3. The smallest absolute Gasteiger partial charge is 0.133 e. The number of hydrogen-bond acceptors (Lipinski definition) is 5. The van der Waals surface area contributed by atoms with E-state index in [1.54, 1.807) is 0 Å². The van der Waals surface area contributed by atoms with Crippen molar-refractivity contribution in [3.8, 4) is 0 Å². The van der Waals surface area contributed by atoms with Gasteiger partial charge in [0.15, 0.2) is 0 Å². The normalized spacial score (nSPS) is 20.2. The molecule has 6 nitrogen and oxygen atoms in total. The van der Waals surface area contributed by atoms with E-state index >= 15 is 0 Å². The predicted octanol–water partition coefficient (Wildman–Crippen LogP) is 0.946. The van der Waals surface area contributed by atoms with Gasteiger partial charge in [-0.15, -0.1) is 0 Å². The van der Waals surface area contributed by atoms with Crippen LogP contribution in [0, 0.1) is 6.92 Å². The van der Waals surface area contributed by atoms with E-state index in [4.69, 9.17) is 4.52 Å². The fraction of sp³-hybridized carbons (Fsp3) is 0.538. The number of aryl methyl sites for hydroxylation is 2. The zero-order valence-electron chi connectivity index (χ0n) is 11.0. The Morgan fingerprint density at radius 3 is 3.16 bits per heavy atom. The van der Waals surface area contributed by atoms with Crippen LogP contribution in [-0.4, -0.2) is 37.6 Å². The molecule has 0 saturated heterocycles. The fourth-order valence-electron chi connectivity index (χ4n) is 2.58. The second kappa shape index (κ2) is 5.14. The molecule has 1 atom stereocenters. The molecule has 0 amide bonds. The highest BCUT2D eigenvalue weighted by Crippen LogP contribution is 2.19. The van der Waals surface area contributed by atoms with Crippen molar-refractivity contribution in [1.82, 2.24) is 19.8 Å². The van der Waals surface area contributed by atoms with Gasteiger partial charge in [0, 0.05) is 37.9 Å². The van der Waals surface area contributed by atoms with Crippen molar-refractivity contribution < 1.29 is 9.63 Å². The van der Waals surface area contributed by atoms with E-state index in [1.165, 1.54) is 5.69 Å². The molecule has 2 aromatic heterocycles. The van der Waals surface area contributed by atoms with Gasteiger partial charge in [0.25, 0.3) is 0 Å². The van der Waals surface area contributed by atoms with Crippen LogP contribution in [-0.2, 0) is 19.6 Å². The lowest BCUT2D eigenvalue weighted by Gasteiger charge is -2.26. The average Bonchev–Trinajstić information content (AvgIpc) is 2.96. The fourth-order valence-corrected chi connectivity index (χ4v) is 2.58. The summed E-state index contributed by atoms with van der Waals surface area (Å²) in [7, 11) is 0. The summed E-state index contributed by atoms with van der Waals surface area (Å²) in [5.41, 5.74) is 2.08. The third-order valence-corrected chi connectivity index (χ3v) is 3.61. The van der Waals surface area contributed by atoms with Gasteiger partial charge in [0.2, 0.25) is 0 Å². The Morgan fingerprint density at radius 2 is 2.42 bits per heavy atom. The zero-order valence-corrected chi connectivity index (χ0v) is 11.0. The summed E-state index contributed by atoms with van der Waals surface area (Å²) in [6.45, 7) is 4.35. The Hall–Kier alpha value is -1.66. The van der Waals surface area contributed by atoms with Crippen molar-refractivity contribution in [2.24, 2.45) is 0 Å². The maximum absolute atomic E-state index is 9.57. The number of hydrogen-bond donors (Lipinski definition) is 1. The number of aromatic nitrogens is 3. The van der Waals surface area contributed by atoms with Crippen molar-refractivity contribution in [3.05, 3.63) is 35.5 Å². The Balaban J connectivity index is 1.80. The number of nitrogens with zero attached hydrogens (tertiary/aromatic N) is 4. The highest BCUT2D eigenvalue weighted by molar-refractivity contribution is 5.06. The minimum atomic E-state index is 0.138. The van der Waals surface area contributed by atoms with Gasteiger partial charge in [-0.3, -0.25) is 9.58 Å². The molecular formula is C13H18N4O2. The second-order valence-electron chi connectivity index (χ2n) is 5.00. The molecule has 1 aliphatic heterocycles. The molecule has 0 radical (unpaired) electrons. The first-order chi connectivity index (χ1) is 9.26. The van der Waals surface area contributed by atoms with Crippen LogP contribution in [0.5, 0.6) is 0 Å². The summed E-state index contributed by atoms with van der Waals surface area (Å²) < 4.78 is 7.11. The lowest BCUT2D eigenvalue weighted by Crippen LogP contribution is -2.36. The minimum Gasteiger partial charge on any atom is -0.395 e. The monoisotopic (exact) mass is 262 g/mol. The highest BCUT2D eigenvalue weighted by atomic mass is 16.5. The minimum absolute atomic E-state index is 0.138. The van der Waals surface area contributed by atoms with Crippen LogP contribution in [0.4, 0.5) is 0 Å². The van der Waals surface area contributed by atoms with Crippen LogP contribution in [0.15, 0.2) is 22.9 Å². The van der Waals surface area contributed by atoms with E-state index < -0.39 is 0 Å². The van der Waals surface area contributed by atoms with Crippen molar-refractivity contribution in [2.75, 3.05) is 6.61 Å². The van der Waals surface area contributed by atoms with Gasteiger partial charge in [-0.2, -0.15) is 5.10 Å². The standard InChI is InChI=1S/C13H18N4O2/c1-10-6-11(15-19-10)7-16-8-12-2-4-14-17(12)5-3-13(16)9-18/h2,4,6,13,18H,3,5,7-9H2,1H3/t13-/m0/s1. The molecule has 1 N–H and O–H groups in total. The summed E-state index contributed by atoms with van der Waals surface area (Å²) >= 11 is 0. The zero-order chi connectivity index (χ0) is 13.2. The van der Waals surface area contributed by atoms with E-state index in [2.05, 4.69) is 15.2 Å². The Labute approximate surface area is 111 Å². The summed E-state index contributed by atoms with van der Waals surface area (Å²) in [5.74, 6) is 0.815. The maximum Gasteiger partial charge on any atom is 0.133 e. The lowest BCUT2D eigenvalue weighted by atomic mass is 10.2. The van der Waals surface area contributed by atoms with Crippen LogP contribution < -0.4 is 0 Å². The molecule has 6 heteroatoms. The second-order valence-corrected chi connectivity index (χ2v) is 5.00. The molecule has 0 aliphatic carbocycles. The Morgan fingerprint density at radius 1 is 1.53 bits per heavy atom. The summed E-state index contributed by atoms with van der Waals surface area (Å²) in [5, 5.41) is 17.9. The molecular weight excluding hydrogens is 244 g/mol. The molecule has 0 spiro atoms. The van der Waals surface area contributed by atoms with Gasteiger partial charge < -0.3 is 9.63 Å². The van der Waals surface area contributed by atoms with Crippen molar-refractivity contribution in [2.45, 2.75) is 39.0 Å². The summed E-state index contributed by atoms with van der Waals surface area (Å²) in [6, 6.07) is 4.11. The highest BCUT2D eigenvalue weighted by Gasteiger charge is 2.24. The average molecular weight is 262 g/mol. The number of fused-ring (bicyclic) bond motifs is 1. The van der Waals surface area contributed by atoms with Crippen LogP contribution in [0.1, 0.15) is 23.6 Å². The first-order valence-electron chi connectivity index (χ1n) is 6.54. The molecule has 3 heterocycles. The molecule has 3 rings (SSSR count). The van der Waals surface area contributed by atoms with Gasteiger partial charge in [0.1, 0.15) is 5.76 Å².